The lowest BCUT2D eigenvalue weighted by Gasteiger charge is -2.14. The Bertz CT molecular complexity index is 907. The molecule has 2 aromatic heterocycles. The van der Waals surface area contributed by atoms with Crippen molar-refractivity contribution in [2.24, 2.45) is 0 Å². The monoisotopic (exact) mass is 346 g/mol. The summed E-state index contributed by atoms with van der Waals surface area (Å²) in [7, 11) is 3.54. The van der Waals surface area contributed by atoms with Crippen LogP contribution >= 0.6 is 11.6 Å². The lowest BCUT2D eigenvalue weighted by molar-refractivity contribution is 0.0945. The second kappa shape index (κ2) is 6.49. The molecular weight excluding hydrogens is 331 g/mol. The molecule has 0 saturated heterocycles. The van der Waals surface area contributed by atoms with Crippen LogP contribution in [0, 0.1) is 5.82 Å². The van der Waals surface area contributed by atoms with Crippen molar-refractivity contribution in [2.75, 3.05) is 19.0 Å². The molecule has 0 atom stereocenters. The van der Waals surface area contributed by atoms with Crippen LogP contribution in [0.2, 0.25) is 5.15 Å². The Kier molecular flexibility index (Phi) is 4.40. The first-order chi connectivity index (χ1) is 11.5. The standard InChI is InChI=1S/C17H16ClFN4O/c1-22(2)13-7-6-11(9-12(13)19)10-20-17(24)15-16(18)21-14-5-3-4-8-23(14)15/h3-9H,10H2,1-2H3,(H,20,24). The summed E-state index contributed by atoms with van der Waals surface area (Å²) in [5.41, 5.74) is 2.01. The third kappa shape index (κ3) is 3.05. The number of nitrogens with one attached hydrogen (secondary N) is 1. The van der Waals surface area contributed by atoms with E-state index in [0.717, 1.165) is 0 Å². The Morgan fingerprint density at radius 1 is 1.33 bits per heavy atom. The Balaban J connectivity index is 1.78. The van der Waals surface area contributed by atoms with Gasteiger partial charge in [-0.25, -0.2) is 9.37 Å². The molecule has 0 unspecified atom stereocenters. The van der Waals surface area contributed by atoms with Crippen molar-refractivity contribution in [1.82, 2.24) is 14.7 Å². The summed E-state index contributed by atoms with van der Waals surface area (Å²) in [6.07, 6.45) is 1.72. The van der Waals surface area contributed by atoms with E-state index in [0.29, 0.717) is 16.9 Å². The molecule has 1 aromatic carbocycles. The number of anilines is 1. The van der Waals surface area contributed by atoms with E-state index < -0.39 is 0 Å². The zero-order chi connectivity index (χ0) is 17.3. The van der Waals surface area contributed by atoms with Gasteiger partial charge in [0.15, 0.2) is 10.8 Å². The van der Waals surface area contributed by atoms with Crippen LogP contribution in [0.1, 0.15) is 16.1 Å². The Morgan fingerprint density at radius 3 is 2.83 bits per heavy atom. The van der Waals surface area contributed by atoms with Gasteiger partial charge in [-0.05, 0) is 29.8 Å². The molecule has 1 N–H and O–H groups in total. The Hall–Kier alpha value is -2.60. The summed E-state index contributed by atoms with van der Waals surface area (Å²) in [6.45, 7) is 0.194. The molecule has 0 spiro atoms. The number of benzene rings is 1. The van der Waals surface area contributed by atoms with Gasteiger partial charge in [-0.15, -0.1) is 0 Å². The number of hydrogen-bond donors (Lipinski definition) is 1. The van der Waals surface area contributed by atoms with E-state index >= 15 is 0 Å². The maximum absolute atomic E-state index is 14.0. The molecule has 0 bridgehead atoms. The first-order valence-corrected chi connectivity index (χ1v) is 7.71. The van der Waals surface area contributed by atoms with Crippen molar-refractivity contribution in [3.63, 3.8) is 0 Å². The average Bonchev–Trinajstić information content (AvgIpc) is 2.88. The fraction of sp³-hybridized carbons (Fsp3) is 0.176. The molecule has 0 radical (unpaired) electrons. The highest BCUT2D eigenvalue weighted by molar-refractivity contribution is 6.32. The minimum Gasteiger partial charge on any atom is -0.375 e. The summed E-state index contributed by atoms with van der Waals surface area (Å²) in [4.78, 5) is 18.2. The van der Waals surface area contributed by atoms with Crippen LogP contribution < -0.4 is 10.2 Å². The summed E-state index contributed by atoms with van der Waals surface area (Å²) < 4.78 is 15.6. The van der Waals surface area contributed by atoms with E-state index in [4.69, 9.17) is 11.6 Å². The molecule has 124 valence electrons. The van der Waals surface area contributed by atoms with Gasteiger partial charge >= 0.3 is 0 Å². The summed E-state index contributed by atoms with van der Waals surface area (Å²) >= 11 is 6.07. The number of amides is 1. The highest BCUT2D eigenvalue weighted by Gasteiger charge is 2.17. The molecule has 0 aliphatic heterocycles. The molecule has 1 amide bonds. The van der Waals surface area contributed by atoms with Gasteiger partial charge in [-0.2, -0.15) is 0 Å². The molecule has 2 heterocycles. The summed E-state index contributed by atoms with van der Waals surface area (Å²) in [5.74, 6) is -0.699. The van der Waals surface area contributed by atoms with Crippen LogP contribution in [0.25, 0.3) is 5.65 Å². The van der Waals surface area contributed by atoms with Crippen molar-refractivity contribution in [2.45, 2.75) is 6.54 Å². The van der Waals surface area contributed by atoms with E-state index in [2.05, 4.69) is 10.3 Å². The smallest absolute Gasteiger partial charge is 0.271 e. The minimum atomic E-state index is -0.365. The van der Waals surface area contributed by atoms with Gasteiger partial charge < -0.3 is 10.2 Å². The van der Waals surface area contributed by atoms with Crippen LogP contribution in [0.5, 0.6) is 0 Å². The maximum atomic E-state index is 14.0. The molecule has 7 heteroatoms. The van der Waals surface area contributed by atoms with E-state index in [1.807, 2.05) is 6.07 Å². The van der Waals surface area contributed by atoms with Crippen LogP contribution in [0.4, 0.5) is 10.1 Å². The molecule has 24 heavy (non-hydrogen) atoms. The van der Waals surface area contributed by atoms with Gasteiger partial charge in [0.05, 0.1) is 5.69 Å². The summed E-state index contributed by atoms with van der Waals surface area (Å²) in [6, 6.07) is 10.2. The van der Waals surface area contributed by atoms with Gasteiger partial charge in [0, 0.05) is 26.8 Å². The molecule has 3 rings (SSSR count). The number of aromatic nitrogens is 2. The first-order valence-electron chi connectivity index (χ1n) is 7.34. The fourth-order valence-electron chi connectivity index (χ4n) is 2.46. The summed E-state index contributed by atoms with van der Waals surface area (Å²) in [5, 5.41) is 2.88. The maximum Gasteiger partial charge on any atom is 0.271 e. The van der Waals surface area contributed by atoms with Crippen molar-refractivity contribution >= 4 is 28.8 Å². The van der Waals surface area contributed by atoms with Gasteiger partial charge in [0.25, 0.3) is 5.91 Å². The minimum absolute atomic E-state index is 0.132. The largest absolute Gasteiger partial charge is 0.375 e. The topological polar surface area (TPSA) is 49.6 Å². The first kappa shape index (κ1) is 16.3. The SMILES string of the molecule is CN(C)c1ccc(CNC(=O)c2c(Cl)nc3ccccn23)cc1F. The number of fused-ring (bicyclic) bond motifs is 1. The lowest BCUT2D eigenvalue weighted by Crippen LogP contribution is -2.24. The third-order valence-electron chi connectivity index (χ3n) is 3.65. The molecule has 0 saturated carbocycles. The third-order valence-corrected chi connectivity index (χ3v) is 3.91. The highest BCUT2D eigenvalue weighted by atomic mass is 35.5. The van der Waals surface area contributed by atoms with E-state index in [1.165, 1.54) is 6.07 Å². The van der Waals surface area contributed by atoms with Crippen LogP contribution in [0.3, 0.4) is 0 Å². The number of carbonyl (C=O) groups excluding carboxylic acids is 1. The predicted octanol–water partition coefficient (Wildman–Crippen LogP) is 3.12. The Morgan fingerprint density at radius 2 is 2.12 bits per heavy atom. The van der Waals surface area contributed by atoms with Crippen LogP contribution in [-0.4, -0.2) is 29.4 Å². The van der Waals surface area contributed by atoms with Crippen molar-refractivity contribution in [3.05, 3.63) is 64.8 Å². The number of halogens is 2. The normalized spacial score (nSPS) is 10.8. The van der Waals surface area contributed by atoms with Crippen molar-refractivity contribution in [3.8, 4) is 0 Å². The number of nitrogens with zero attached hydrogens (tertiary/aromatic N) is 3. The molecule has 0 aliphatic rings. The number of carbonyl (C=O) groups is 1. The van der Waals surface area contributed by atoms with Crippen molar-refractivity contribution < 1.29 is 9.18 Å². The number of hydrogen-bond acceptors (Lipinski definition) is 3. The van der Waals surface area contributed by atoms with Gasteiger partial charge in [0.2, 0.25) is 0 Å². The van der Waals surface area contributed by atoms with Gasteiger partial charge in [0.1, 0.15) is 11.5 Å². The van der Waals surface area contributed by atoms with E-state index in [9.17, 15) is 9.18 Å². The second-order valence-corrected chi connectivity index (χ2v) is 5.90. The zero-order valence-electron chi connectivity index (χ0n) is 13.3. The predicted molar refractivity (Wildman–Crippen MR) is 92.1 cm³/mol. The number of rotatable bonds is 4. The quantitative estimate of drug-likeness (QED) is 0.789. The van der Waals surface area contributed by atoms with Crippen LogP contribution in [-0.2, 0) is 6.54 Å². The molecule has 3 aromatic rings. The zero-order valence-corrected chi connectivity index (χ0v) is 14.0. The van der Waals surface area contributed by atoms with Crippen molar-refractivity contribution in [1.29, 1.82) is 0 Å². The van der Waals surface area contributed by atoms with E-state index in [-0.39, 0.29) is 29.1 Å². The highest BCUT2D eigenvalue weighted by Crippen LogP contribution is 2.19. The molecule has 0 fully saturated rings. The Labute approximate surface area is 143 Å². The van der Waals surface area contributed by atoms with Gasteiger partial charge in [-0.1, -0.05) is 23.7 Å². The second-order valence-electron chi connectivity index (χ2n) is 5.54. The lowest BCUT2D eigenvalue weighted by atomic mass is 10.2. The number of imidazole rings is 1. The average molecular weight is 347 g/mol. The van der Waals surface area contributed by atoms with Gasteiger partial charge in [-0.3, -0.25) is 9.20 Å². The molecule has 5 nitrogen and oxygen atoms in total. The molecular formula is C17H16ClFN4O. The van der Waals surface area contributed by atoms with Crippen LogP contribution in [0.15, 0.2) is 42.6 Å². The molecule has 0 aliphatic carbocycles. The number of pyridine rings is 1. The fourth-order valence-corrected chi connectivity index (χ4v) is 2.72. The van der Waals surface area contributed by atoms with E-state index in [1.54, 1.807) is 53.9 Å².